The van der Waals surface area contributed by atoms with Crippen LogP contribution in [-0.4, -0.2) is 14.2 Å². The number of benzene rings is 1. The van der Waals surface area contributed by atoms with Gasteiger partial charge in [-0.2, -0.15) is 11.3 Å². The minimum atomic E-state index is -3.28. The third-order valence-electron chi connectivity index (χ3n) is 3.86. The molecule has 21 heavy (non-hydrogen) atoms. The van der Waals surface area contributed by atoms with Gasteiger partial charge in [-0.15, -0.1) is 0 Å². The van der Waals surface area contributed by atoms with E-state index in [1.54, 1.807) is 11.3 Å². The Kier molecular flexibility index (Phi) is 3.86. The molecule has 1 atom stereocenters. The van der Waals surface area contributed by atoms with Gasteiger partial charge in [0.1, 0.15) is 5.82 Å². The zero-order valence-electron chi connectivity index (χ0n) is 11.6. The van der Waals surface area contributed by atoms with Crippen molar-refractivity contribution in [3.8, 4) is 0 Å². The molecule has 0 fully saturated rings. The Bertz CT molecular complexity index is 768. The fourth-order valence-corrected chi connectivity index (χ4v) is 5.09. The summed E-state index contributed by atoms with van der Waals surface area (Å²) in [5.41, 5.74) is 2.97. The van der Waals surface area contributed by atoms with E-state index < -0.39 is 15.7 Å². The highest BCUT2D eigenvalue weighted by Crippen LogP contribution is 2.33. The summed E-state index contributed by atoms with van der Waals surface area (Å²) in [7, 11) is -3.28. The summed E-state index contributed by atoms with van der Waals surface area (Å²) >= 11 is 1.64. The van der Waals surface area contributed by atoms with Crippen molar-refractivity contribution in [1.82, 2.24) is 5.32 Å². The standard InChI is InChI=1S/C15H16FNO2S2/c1-10-8-20-9-11(10)7-17-14-4-5-21(18,19)15-3-2-12(16)6-13(14)15/h2-3,6,8-9,14,17H,4-5,7H2,1H3. The molecule has 1 aromatic heterocycles. The molecule has 2 aromatic rings. The minimum Gasteiger partial charge on any atom is -0.306 e. The van der Waals surface area contributed by atoms with Gasteiger partial charge in [0.2, 0.25) is 0 Å². The maximum atomic E-state index is 13.5. The molecule has 1 unspecified atom stereocenters. The van der Waals surface area contributed by atoms with E-state index in [0.717, 1.165) is 0 Å². The second kappa shape index (κ2) is 5.51. The fraction of sp³-hybridized carbons (Fsp3) is 0.333. The number of halogens is 1. The molecule has 0 bridgehead atoms. The van der Waals surface area contributed by atoms with E-state index in [2.05, 4.69) is 16.1 Å². The van der Waals surface area contributed by atoms with Crippen LogP contribution in [0.25, 0.3) is 0 Å². The summed E-state index contributed by atoms with van der Waals surface area (Å²) < 4.78 is 37.6. The molecule has 6 heteroatoms. The SMILES string of the molecule is Cc1cscc1CNC1CCS(=O)(=O)c2ccc(F)cc21. The molecular weight excluding hydrogens is 309 g/mol. The average Bonchev–Trinajstić information content (AvgIpc) is 2.83. The van der Waals surface area contributed by atoms with E-state index in [-0.39, 0.29) is 16.7 Å². The first-order valence-electron chi connectivity index (χ1n) is 6.74. The molecule has 0 saturated heterocycles. The molecule has 0 aliphatic carbocycles. The first-order valence-corrected chi connectivity index (χ1v) is 9.34. The van der Waals surface area contributed by atoms with Gasteiger partial charge in [-0.05, 0) is 59.0 Å². The zero-order chi connectivity index (χ0) is 15.0. The van der Waals surface area contributed by atoms with Gasteiger partial charge >= 0.3 is 0 Å². The highest BCUT2D eigenvalue weighted by Gasteiger charge is 2.30. The summed E-state index contributed by atoms with van der Waals surface area (Å²) in [6.45, 7) is 2.71. The minimum absolute atomic E-state index is 0.103. The predicted octanol–water partition coefficient (Wildman–Crippen LogP) is 3.20. The lowest BCUT2D eigenvalue weighted by Crippen LogP contribution is -2.29. The molecule has 1 aliphatic rings. The molecular formula is C15H16FNO2S2. The summed E-state index contributed by atoms with van der Waals surface area (Å²) in [5.74, 6) is -0.296. The normalized spacial score (nSPS) is 20.2. The summed E-state index contributed by atoms with van der Waals surface area (Å²) in [6, 6.07) is 3.80. The van der Waals surface area contributed by atoms with Crippen LogP contribution >= 0.6 is 11.3 Å². The van der Waals surface area contributed by atoms with Gasteiger partial charge in [-0.25, -0.2) is 12.8 Å². The van der Waals surface area contributed by atoms with Crippen LogP contribution in [0, 0.1) is 12.7 Å². The number of aryl methyl sites for hydroxylation is 1. The Morgan fingerprint density at radius 3 is 2.90 bits per heavy atom. The lowest BCUT2D eigenvalue weighted by Gasteiger charge is -2.26. The predicted molar refractivity (Wildman–Crippen MR) is 81.7 cm³/mol. The van der Waals surface area contributed by atoms with Gasteiger partial charge in [0, 0.05) is 12.6 Å². The van der Waals surface area contributed by atoms with Gasteiger partial charge in [-0.3, -0.25) is 0 Å². The van der Waals surface area contributed by atoms with Crippen LogP contribution in [-0.2, 0) is 16.4 Å². The number of thiophene rings is 1. The van der Waals surface area contributed by atoms with Crippen molar-refractivity contribution in [3.63, 3.8) is 0 Å². The van der Waals surface area contributed by atoms with E-state index in [4.69, 9.17) is 0 Å². The monoisotopic (exact) mass is 325 g/mol. The van der Waals surface area contributed by atoms with E-state index in [1.165, 1.54) is 29.3 Å². The van der Waals surface area contributed by atoms with Crippen LogP contribution in [0.15, 0.2) is 33.9 Å². The highest BCUT2D eigenvalue weighted by atomic mass is 32.2. The van der Waals surface area contributed by atoms with Crippen molar-refractivity contribution in [2.24, 2.45) is 0 Å². The van der Waals surface area contributed by atoms with Crippen LogP contribution in [0.2, 0.25) is 0 Å². The van der Waals surface area contributed by atoms with Crippen molar-refractivity contribution in [3.05, 3.63) is 51.5 Å². The third-order valence-corrected chi connectivity index (χ3v) is 6.58. The van der Waals surface area contributed by atoms with Crippen LogP contribution in [0.3, 0.4) is 0 Å². The lowest BCUT2D eigenvalue weighted by atomic mass is 10.0. The number of hydrogen-bond acceptors (Lipinski definition) is 4. The third kappa shape index (κ3) is 2.88. The van der Waals surface area contributed by atoms with E-state index in [9.17, 15) is 12.8 Å². The molecule has 3 rings (SSSR count). The zero-order valence-corrected chi connectivity index (χ0v) is 13.2. The number of fused-ring (bicyclic) bond motifs is 1. The first-order chi connectivity index (χ1) is 9.97. The summed E-state index contributed by atoms with van der Waals surface area (Å²) in [5, 5.41) is 7.52. The second-order valence-corrected chi connectivity index (χ2v) is 8.12. The first kappa shape index (κ1) is 14.7. The molecule has 2 heterocycles. The van der Waals surface area contributed by atoms with Gasteiger partial charge in [0.05, 0.1) is 10.6 Å². The second-order valence-electron chi connectivity index (χ2n) is 5.30. The van der Waals surface area contributed by atoms with Crippen LogP contribution < -0.4 is 5.32 Å². The van der Waals surface area contributed by atoms with Crippen molar-refractivity contribution in [2.75, 3.05) is 5.75 Å². The van der Waals surface area contributed by atoms with E-state index >= 15 is 0 Å². The average molecular weight is 325 g/mol. The van der Waals surface area contributed by atoms with Gasteiger partial charge < -0.3 is 5.32 Å². The Labute approximate surface area is 127 Å². The highest BCUT2D eigenvalue weighted by molar-refractivity contribution is 7.91. The molecule has 0 saturated carbocycles. The molecule has 3 nitrogen and oxygen atoms in total. The van der Waals surface area contributed by atoms with E-state index in [0.29, 0.717) is 18.5 Å². The number of hydrogen-bond donors (Lipinski definition) is 1. The van der Waals surface area contributed by atoms with E-state index in [1.807, 2.05) is 6.92 Å². The topological polar surface area (TPSA) is 46.2 Å². The maximum Gasteiger partial charge on any atom is 0.178 e. The number of nitrogens with one attached hydrogen (secondary N) is 1. The number of rotatable bonds is 3. The van der Waals surface area contributed by atoms with Gasteiger partial charge in [0.25, 0.3) is 0 Å². The summed E-state index contributed by atoms with van der Waals surface area (Å²) in [6.07, 6.45) is 0.474. The van der Waals surface area contributed by atoms with Crippen molar-refractivity contribution < 1.29 is 12.8 Å². The number of sulfone groups is 1. The lowest BCUT2D eigenvalue weighted by molar-refractivity contribution is 0.487. The summed E-state index contributed by atoms with van der Waals surface area (Å²) in [4.78, 5) is 0.259. The Morgan fingerprint density at radius 2 is 2.19 bits per heavy atom. The fourth-order valence-electron chi connectivity index (χ4n) is 2.63. The Morgan fingerprint density at radius 1 is 1.38 bits per heavy atom. The Balaban J connectivity index is 1.88. The molecule has 0 amide bonds. The molecule has 1 N–H and O–H groups in total. The van der Waals surface area contributed by atoms with Crippen molar-refractivity contribution in [2.45, 2.75) is 30.8 Å². The van der Waals surface area contributed by atoms with Crippen LogP contribution in [0.1, 0.15) is 29.2 Å². The van der Waals surface area contributed by atoms with Gasteiger partial charge in [0.15, 0.2) is 9.84 Å². The quantitative estimate of drug-likeness (QED) is 0.882. The molecule has 0 radical (unpaired) electrons. The van der Waals surface area contributed by atoms with Gasteiger partial charge in [-0.1, -0.05) is 0 Å². The van der Waals surface area contributed by atoms with Crippen molar-refractivity contribution >= 4 is 21.2 Å². The molecule has 0 spiro atoms. The van der Waals surface area contributed by atoms with Crippen LogP contribution in [0.5, 0.6) is 0 Å². The smallest absolute Gasteiger partial charge is 0.178 e. The Hall–Kier alpha value is -1.24. The maximum absolute atomic E-state index is 13.5. The molecule has 1 aromatic carbocycles. The van der Waals surface area contributed by atoms with Crippen LogP contribution in [0.4, 0.5) is 4.39 Å². The molecule has 112 valence electrons. The molecule has 1 aliphatic heterocycles. The largest absolute Gasteiger partial charge is 0.306 e. The van der Waals surface area contributed by atoms with Crippen molar-refractivity contribution in [1.29, 1.82) is 0 Å².